The second-order valence-corrected chi connectivity index (χ2v) is 21.6. The number of Topliss-reactive ketones (excluding diaryl/α,β-unsaturated/α-hetero) is 1. The molecule has 3 aromatic rings. The van der Waals surface area contributed by atoms with Crippen molar-refractivity contribution < 1.29 is 28.8 Å². The van der Waals surface area contributed by atoms with Crippen molar-refractivity contribution in [2.75, 3.05) is 33.2 Å². The summed E-state index contributed by atoms with van der Waals surface area (Å²) in [5.41, 5.74) is 2.71. The third-order valence-corrected chi connectivity index (χ3v) is 14.2. The van der Waals surface area contributed by atoms with Crippen molar-refractivity contribution in [2.45, 2.75) is 151 Å². The van der Waals surface area contributed by atoms with E-state index in [1.54, 1.807) is 7.05 Å². The Hall–Kier alpha value is -5.36. The average Bonchev–Trinajstić information content (AvgIpc) is 3.98. The van der Waals surface area contributed by atoms with Gasteiger partial charge in [-0.15, -0.1) is 0 Å². The van der Waals surface area contributed by atoms with E-state index in [9.17, 15) is 28.8 Å². The molecule has 0 spiro atoms. The number of rotatable bonds is 21. The Bertz CT molecular complexity index is 2000. The maximum absolute atomic E-state index is 14.4. The molecular formula is C56H80N6O6. The molecule has 0 unspecified atom stereocenters. The lowest BCUT2D eigenvalue weighted by Gasteiger charge is -2.37. The normalized spacial score (nSPS) is 18.1. The van der Waals surface area contributed by atoms with Gasteiger partial charge in [0.25, 0.3) is 0 Å². The smallest absolute Gasteiger partial charge is 0.246 e. The summed E-state index contributed by atoms with van der Waals surface area (Å²) in [5, 5.41) is 6.10. The fourth-order valence-corrected chi connectivity index (χ4v) is 9.39. The largest absolute Gasteiger partial charge is 0.344 e. The zero-order valence-electron chi connectivity index (χ0n) is 42.7. The highest BCUT2D eigenvalue weighted by atomic mass is 16.2. The highest BCUT2D eigenvalue weighted by Crippen LogP contribution is 2.34. The zero-order chi connectivity index (χ0) is 49.8. The van der Waals surface area contributed by atoms with E-state index in [1.165, 1.54) is 0 Å². The van der Waals surface area contributed by atoms with Gasteiger partial charge in [-0.05, 0) is 79.2 Å². The first-order chi connectivity index (χ1) is 32.2. The van der Waals surface area contributed by atoms with Gasteiger partial charge in [0.2, 0.25) is 29.5 Å². The lowest BCUT2D eigenvalue weighted by Crippen LogP contribution is -2.57. The van der Waals surface area contributed by atoms with Gasteiger partial charge in [-0.2, -0.15) is 0 Å². The molecule has 0 aliphatic carbocycles. The van der Waals surface area contributed by atoms with E-state index < -0.39 is 22.8 Å². The van der Waals surface area contributed by atoms with Gasteiger partial charge >= 0.3 is 0 Å². The number of carbonyl (C=O) groups is 6. The summed E-state index contributed by atoms with van der Waals surface area (Å²) >= 11 is 0. The molecule has 0 saturated carbocycles. The Morgan fingerprint density at radius 1 is 0.632 bits per heavy atom. The van der Waals surface area contributed by atoms with Crippen molar-refractivity contribution in [3.8, 4) is 0 Å². The lowest BCUT2D eigenvalue weighted by molar-refractivity contribution is -0.144. The molecule has 68 heavy (non-hydrogen) atoms. The summed E-state index contributed by atoms with van der Waals surface area (Å²) in [7, 11) is 1.75. The number of amides is 5. The Labute approximate surface area is 407 Å². The van der Waals surface area contributed by atoms with Gasteiger partial charge in [0.15, 0.2) is 0 Å². The molecule has 0 bridgehead atoms. The molecule has 2 aliphatic heterocycles. The molecule has 2 saturated heterocycles. The maximum atomic E-state index is 14.4. The first-order valence-corrected chi connectivity index (χ1v) is 25.0. The van der Waals surface area contributed by atoms with Crippen molar-refractivity contribution in [3.05, 3.63) is 107 Å². The van der Waals surface area contributed by atoms with E-state index in [0.29, 0.717) is 45.7 Å². The van der Waals surface area contributed by atoms with Gasteiger partial charge in [-0.1, -0.05) is 140 Å². The molecule has 3 aromatic carbocycles. The highest BCUT2D eigenvalue weighted by molar-refractivity contribution is 5.91. The summed E-state index contributed by atoms with van der Waals surface area (Å²) < 4.78 is 0. The molecule has 2 heterocycles. The molecule has 5 amide bonds. The first kappa shape index (κ1) is 53.6. The van der Waals surface area contributed by atoms with Gasteiger partial charge in [0.05, 0.1) is 18.9 Å². The predicted octanol–water partition coefficient (Wildman–Crippen LogP) is 7.62. The minimum atomic E-state index is -0.703. The summed E-state index contributed by atoms with van der Waals surface area (Å²) in [6, 6.07) is 26.0. The SMILES string of the molecule is CC[C@@H](C)C(=O)N[C@H](C(=O)N1CCC[C@H]1CN(Cc1ccc(CN(C[C@@H]2CCCN2C(=O)[C@@H](CC(=O)[C@H](C)NC)C(C)(C)C)C(=O)Cc2ccccc2)cc1)C(=O)Cc1ccccc1)C(C)(C)C. The highest BCUT2D eigenvalue weighted by Gasteiger charge is 2.42. The number of ketones is 1. The van der Waals surface area contributed by atoms with E-state index in [1.807, 2.05) is 167 Å². The molecule has 6 atom stereocenters. The van der Waals surface area contributed by atoms with Crippen molar-refractivity contribution in [1.82, 2.24) is 30.2 Å². The monoisotopic (exact) mass is 933 g/mol. The van der Waals surface area contributed by atoms with Crippen LogP contribution in [0.25, 0.3) is 0 Å². The van der Waals surface area contributed by atoms with Crippen LogP contribution in [-0.4, -0.2) is 112 Å². The molecule has 12 nitrogen and oxygen atoms in total. The minimum Gasteiger partial charge on any atom is -0.344 e. The van der Waals surface area contributed by atoms with Gasteiger partial charge < -0.3 is 30.2 Å². The van der Waals surface area contributed by atoms with E-state index >= 15 is 0 Å². The summed E-state index contributed by atoms with van der Waals surface area (Å²) in [6.07, 6.45) is 4.41. The molecule has 2 N–H and O–H groups in total. The minimum absolute atomic E-state index is 0.00679. The Morgan fingerprint density at radius 3 is 1.47 bits per heavy atom. The number of carbonyl (C=O) groups excluding carboxylic acids is 6. The van der Waals surface area contributed by atoms with Crippen LogP contribution in [0.15, 0.2) is 84.9 Å². The van der Waals surface area contributed by atoms with E-state index in [4.69, 9.17) is 0 Å². The summed E-state index contributed by atoms with van der Waals surface area (Å²) in [6.45, 7) is 20.2. The van der Waals surface area contributed by atoms with Crippen LogP contribution in [0.1, 0.15) is 123 Å². The Morgan fingerprint density at radius 2 is 1.07 bits per heavy atom. The van der Waals surface area contributed by atoms with Gasteiger partial charge in [-0.3, -0.25) is 28.8 Å². The quantitative estimate of drug-likeness (QED) is 0.112. The number of hydrogen-bond donors (Lipinski definition) is 2. The molecule has 2 aliphatic rings. The van der Waals surface area contributed by atoms with Crippen LogP contribution in [0.3, 0.4) is 0 Å². The molecule has 370 valence electrons. The average molecular weight is 933 g/mol. The fourth-order valence-electron chi connectivity index (χ4n) is 9.39. The second-order valence-electron chi connectivity index (χ2n) is 21.6. The van der Waals surface area contributed by atoms with Crippen LogP contribution < -0.4 is 10.6 Å². The van der Waals surface area contributed by atoms with Crippen LogP contribution in [0.5, 0.6) is 0 Å². The third-order valence-electron chi connectivity index (χ3n) is 14.2. The molecule has 2 fully saturated rings. The molecule has 0 radical (unpaired) electrons. The van der Waals surface area contributed by atoms with Gasteiger partial charge in [0, 0.05) is 69.6 Å². The molecule has 0 aromatic heterocycles. The number of benzene rings is 3. The lowest BCUT2D eigenvalue weighted by atomic mass is 9.76. The van der Waals surface area contributed by atoms with Crippen LogP contribution >= 0.6 is 0 Å². The van der Waals surface area contributed by atoms with Crippen molar-refractivity contribution >= 4 is 35.3 Å². The molecule has 12 heteroatoms. The summed E-state index contributed by atoms with van der Waals surface area (Å²) in [5.74, 6) is -1.06. The predicted molar refractivity (Wildman–Crippen MR) is 269 cm³/mol. The van der Waals surface area contributed by atoms with E-state index in [0.717, 1.165) is 47.9 Å². The van der Waals surface area contributed by atoms with Crippen LogP contribution in [0.4, 0.5) is 0 Å². The summed E-state index contributed by atoms with van der Waals surface area (Å²) in [4.78, 5) is 91.1. The van der Waals surface area contributed by atoms with Crippen LogP contribution in [0, 0.1) is 22.7 Å². The standard InChI is InChI=1S/C56H80N6O6/c1-11-39(2)52(66)58-51(56(7,8)9)54(68)62-31-19-25-46(62)38-60(50(65)33-42-22-16-13-17-23-42)36-44-28-26-43(27-29-44)35-59(49(64)32-41-20-14-12-15-21-41)37-45-24-18-30-61(45)53(67)47(55(4,5)6)34-48(63)40(3)57-10/h12-17,20-23,26-29,39-40,45-47,51,57H,11,18-19,24-25,30-38H2,1-10H3,(H,58,66)/t39-,40+,45+,46+,47-,51-/m1/s1. The van der Waals surface area contributed by atoms with E-state index in [2.05, 4.69) is 10.6 Å². The third kappa shape index (κ3) is 14.8. The molecular weight excluding hydrogens is 853 g/mol. The number of nitrogens with one attached hydrogen (secondary N) is 2. The second kappa shape index (κ2) is 24.3. The maximum Gasteiger partial charge on any atom is 0.246 e. The van der Waals surface area contributed by atoms with Gasteiger partial charge in [-0.25, -0.2) is 0 Å². The zero-order valence-corrected chi connectivity index (χ0v) is 42.7. The van der Waals surface area contributed by atoms with Crippen molar-refractivity contribution in [1.29, 1.82) is 0 Å². The van der Waals surface area contributed by atoms with Crippen molar-refractivity contribution in [3.63, 3.8) is 0 Å². The van der Waals surface area contributed by atoms with Crippen molar-refractivity contribution in [2.24, 2.45) is 22.7 Å². The first-order valence-electron chi connectivity index (χ1n) is 25.0. The van der Waals surface area contributed by atoms with Gasteiger partial charge in [0.1, 0.15) is 11.8 Å². The van der Waals surface area contributed by atoms with Crippen LogP contribution in [-0.2, 0) is 54.7 Å². The number of likely N-dealkylation sites (N-methyl/N-ethyl adjacent to an activating group) is 1. The Kier molecular flexibility index (Phi) is 19.1. The topological polar surface area (TPSA) is 139 Å². The number of likely N-dealkylation sites (tertiary alicyclic amines) is 2. The molecule has 5 rings (SSSR count). The number of nitrogens with zero attached hydrogens (tertiary/aromatic N) is 4. The number of hydrogen-bond acceptors (Lipinski definition) is 7. The van der Waals surface area contributed by atoms with Crippen LogP contribution in [0.2, 0.25) is 0 Å². The fraction of sp³-hybridized carbons (Fsp3) is 0.571. The Balaban J connectivity index is 1.37. The van der Waals surface area contributed by atoms with E-state index in [-0.39, 0.29) is 78.6 Å².